The SMILES string of the molecule is CC(=O)C(O)CCCOC(=O)[C@@H](N)Cc1ccccc1. The van der Waals surface area contributed by atoms with E-state index in [2.05, 4.69) is 0 Å². The molecule has 0 aliphatic heterocycles. The molecular formula is C15H21NO4. The van der Waals surface area contributed by atoms with Gasteiger partial charge >= 0.3 is 5.97 Å². The Labute approximate surface area is 118 Å². The summed E-state index contributed by atoms with van der Waals surface area (Å²) >= 11 is 0. The molecule has 1 aromatic rings. The van der Waals surface area contributed by atoms with Crippen LogP contribution in [0.5, 0.6) is 0 Å². The third-order valence-corrected chi connectivity index (χ3v) is 2.94. The Bertz CT molecular complexity index is 433. The highest BCUT2D eigenvalue weighted by Crippen LogP contribution is 2.04. The number of ether oxygens (including phenoxy) is 1. The number of aliphatic hydroxyl groups excluding tert-OH is 1. The number of aliphatic hydroxyl groups is 1. The number of ketones is 1. The van der Waals surface area contributed by atoms with Crippen LogP contribution in [0.15, 0.2) is 30.3 Å². The minimum Gasteiger partial charge on any atom is -0.465 e. The Hall–Kier alpha value is -1.72. The van der Waals surface area contributed by atoms with E-state index in [1.54, 1.807) is 0 Å². The van der Waals surface area contributed by atoms with Gasteiger partial charge in [0, 0.05) is 0 Å². The lowest BCUT2D eigenvalue weighted by molar-refractivity contribution is -0.145. The molecule has 0 radical (unpaired) electrons. The Kier molecular flexibility index (Phi) is 6.90. The highest BCUT2D eigenvalue weighted by atomic mass is 16.5. The van der Waals surface area contributed by atoms with Crippen LogP contribution >= 0.6 is 0 Å². The smallest absolute Gasteiger partial charge is 0.323 e. The Morgan fingerprint density at radius 3 is 2.55 bits per heavy atom. The summed E-state index contributed by atoms with van der Waals surface area (Å²) in [5, 5.41) is 9.28. The molecule has 1 rings (SSSR count). The molecule has 0 fully saturated rings. The van der Waals surface area contributed by atoms with Gasteiger partial charge in [0.1, 0.15) is 12.1 Å². The van der Waals surface area contributed by atoms with E-state index in [1.807, 2.05) is 30.3 Å². The topological polar surface area (TPSA) is 89.6 Å². The monoisotopic (exact) mass is 279 g/mol. The molecular weight excluding hydrogens is 258 g/mol. The second kappa shape index (κ2) is 8.45. The molecule has 0 saturated heterocycles. The lowest BCUT2D eigenvalue weighted by atomic mass is 10.1. The first-order valence-electron chi connectivity index (χ1n) is 6.65. The summed E-state index contributed by atoms with van der Waals surface area (Å²) in [5.74, 6) is -0.747. The van der Waals surface area contributed by atoms with Crippen molar-refractivity contribution in [3.8, 4) is 0 Å². The number of carbonyl (C=O) groups is 2. The quantitative estimate of drug-likeness (QED) is 0.543. The molecule has 0 aliphatic rings. The molecule has 3 N–H and O–H groups in total. The summed E-state index contributed by atoms with van der Waals surface area (Å²) in [6, 6.07) is 8.77. The van der Waals surface area contributed by atoms with Gasteiger partial charge in [0.05, 0.1) is 6.61 Å². The van der Waals surface area contributed by atoms with Crippen molar-refractivity contribution in [1.82, 2.24) is 0 Å². The molecule has 0 spiro atoms. The summed E-state index contributed by atoms with van der Waals surface area (Å²) in [6.45, 7) is 1.48. The van der Waals surface area contributed by atoms with Gasteiger partial charge in [0.25, 0.3) is 0 Å². The van der Waals surface area contributed by atoms with Crippen molar-refractivity contribution >= 4 is 11.8 Å². The fourth-order valence-electron chi connectivity index (χ4n) is 1.71. The second-order valence-electron chi connectivity index (χ2n) is 4.73. The summed E-state index contributed by atoms with van der Waals surface area (Å²) in [5.41, 5.74) is 6.74. The minimum absolute atomic E-state index is 0.158. The number of hydrogen-bond donors (Lipinski definition) is 2. The first-order chi connectivity index (χ1) is 9.50. The van der Waals surface area contributed by atoms with Crippen molar-refractivity contribution in [2.24, 2.45) is 5.73 Å². The summed E-state index contributed by atoms with van der Waals surface area (Å²) in [4.78, 5) is 22.5. The number of esters is 1. The van der Waals surface area contributed by atoms with Crippen LogP contribution in [0.2, 0.25) is 0 Å². The lowest BCUT2D eigenvalue weighted by Crippen LogP contribution is -2.34. The lowest BCUT2D eigenvalue weighted by Gasteiger charge is -2.12. The zero-order chi connectivity index (χ0) is 15.0. The van der Waals surface area contributed by atoms with Crippen LogP contribution in [0.25, 0.3) is 0 Å². The average molecular weight is 279 g/mol. The first kappa shape index (κ1) is 16.3. The van der Waals surface area contributed by atoms with Gasteiger partial charge in [-0.25, -0.2) is 0 Å². The van der Waals surface area contributed by atoms with E-state index in [-0.39, 0.29) is 18.8 Å². The van der Waals surface area contributed by atoms with Crippen molar-refractivity contribution in [2.75, 3.05) is 6.61 Å². The maximum Gasteiger partial charge on any atom is 0.323 e. The molecule has 5 heteroatoms. The molecule has 0 aliphatic carbocycles. The van der Waals surface area contributed by atoms with Crippen LogP contribution in [0.4, 0.5) is 0 Å². The summed E-state index contributed by atoms with van der Waals surface area (Å²) in [6.07, 6.45) is 0.170. The molecule has 0 amide bonds. The zero-order valence-electron chi connectivity index (χ0n) is 11.6. The van der Waals surface area contributed by atoms with Crippen LogP contribution < -0.4 is 5.73 Å². The number of benzene rings is 1. The molecule has 1 aromatic carbocycles. The fraction of sp³-hybridized carbons (Fsp3) is 0.467. The van der Waals surface area contributed by atoms with Gasteiger partial charge in [0.15, 0.2) is 5.78 Å². The summed E-state index contributed by atoms with van der Waals surface area (Å²) in [7, 11) is 0. The van der Waals surface area contributed by atoms with E-state index >= 15 is 0 Å². The van der Waals surface area contributed by atoms with Gasteiger partial charge < -0.3 is 15.6 Å². The molecule has 0 bridgehead atoms. The van der Waals surface area contributed by atoms with Crippen LogP contribution in [0, 0.1) is 0 Å². The van der Waals surface area contributed by atoms with E-state index in [4.69, 9.17) is 10.5 Å². The average Bonchev–Trinajstić information content (AvgIpc) is 2.43. The number of Topliss-reactive ketones (excluding diaryl/α,β-unsaturated/α-hetero) is 1. The molecule has 0 saturated carbocycles. The predicted octanol–water partition coefficient (Wildman–Crippen LogP) is 0.830. The number of rotatable bonds is 8. The largest absolute Gasteiger partial charge is 0.465 e. The minimum atomic E-state index is -0.980. The van der Waals surface area contributed by atoms with Crippen molar-refractivity contribution in [3.05, 3.63) is 35.9 Å². The number of nitrogens with two attached hydrogens (primary N) is 1. The van der Waals surface area contributed by atoms with Crippen LogP contribution in [-0.2, 0) is 20.7 Å². The Morgan fingerprint density at radius 1 is 1.30 bits per heavy atom. The van der Waals surface area contributed by atoms with E-state index in [9.17, 15) is 14.7 Å². The molecule has 0 heterocycles. The molecule has 1 unspecified atom stereocenters. The molecule has 20 heavy (non-hydrogen) atoms. The van der Waals surface area contributed by atoms with Gasteiger partial charge in [-0.05, 0) is 31.7 Å². The first-order valence-corrected chi connectivity index (χ1v) is 6.65. The third kappa shape index (κ3) is 5.95. The van der Waals surface area contributed by atoms with Crippen molar-refractivity contribution in [2.45, 2.75) is 38.3 Å². The van der Waals surface area contributed by atoms with Crippen molar-refractivity contribution in [3.63, 3.8) is 0 Å². The van der Waals surface area contributed by atoms with E-state index < -0.39 is 18.1 Å². The highest BCUT2D eigenvalue weighted by molar-refractivity contribution is 5.80. The van der Waals surface area contributed by atoms with Gasteiger partial charge in [-0.2, -0.15) is 0 Å². The van der Waals surface area contributed by atoms with Crippen LogP contribution in [0.3, 0.4) is 0 Å². The van der Waals surface area contributed by atoms with Crippen LogP contribution in [-0.4, -0.2) is 35.6 Å². The van der Waals surface area contributed by atoms with E-state index in [0.717, 1.165) is 5.56 Å². The van der Waals surface area contributed by atoms with E-state index in [0.29, 0.717) is 12.8 Å². The second-order valence-corrected chi connectivity index (χ2v) is 4.73. The predicted molar refractivity (Wildman–Crippen MR) is 75.0 cm³/mol. The fourth-order valence-corrected chi connectivity index (χ4v) is 1.71. The maximum atomic E-state index is 11.6. The number of carbonyl (C=O) groups excluding carboxylic acids is 2. The normalized spacial score (nSPS) is 13.6. The zero-order valence-corrected chi connectivity index (χ0v) is 11.6. The van der Waals surface area contributed by atoms with Gasteiger partial charge in [-0.3, -0.25) is 9.59 Å². The maximum absolute atomic E-state index is 11.6. The Morgan fingerprint density at radius 2 is 1.95 bits per heavy atom. The highest BCUT2D eigenvalue weighted by Gasteiger charge is 2.16. The third-order valence-electron chi connectivity index (χ3n) is 2.94. The molecule has 0 aromatic heterocycles. The van der Waals surface area contributed by atoms with Gasteiger partial charge in [-0.15, -0.1) is 0 Å². The molecule has 110 valence electrons. The molecule has 2 atom stereocenters. The van der Waals surface area contributed by atoms with Crippen molar-refractivity contribution < 1.29 is 19.4 Å². The number of hydrogen-bond acceptors (Lipinski definition) is 5. The summed E-state index contributed by atoms with van der Waals surface area (Å²) < 4.78 is 5.02. The Balaban J connectivity index is 2.24. The standard InChI is InChI=1S/C15H21NO4/c1-11(17)14(18)8-5-9-20-15(19)13(16)10-12-6-3-2-4-7-12/h2-4,6-7,13-14,18H,5,8-10,16H2,1H3/t13-,14?/m0/s1. The van der Waals surface area contributed by atoms with Crippen LogP contribution in [0.1, 0.15) is 25.3 Å². The van der Waals surface area contributed by atoms with E-state index in [1.165, 1.54) is 6.92 Å². The van der Waals surface area contributed by atoms with Gasteiger partial charge in [-0.1, -0.05) is 30.3 Å². The van der Waals surface area contributed by atoms with Gasteiger partial charge in [0.2, 0.25) is 0 Å². The van der Waals surface area contributed by atoms with Crippen molar-refractivity contribution in [1.29, 1.82) is 0 Å². The molecule has 5 nitrogen and oxygen atoms in total.